The molecule has 2 aliphatic heterocycles. The summed E-state index contributed by atoms with van der Waals surface area (Å²) >= 11 is 6.14. The highest BCUT2D eigenvalue weighted by Gasteiger charge is 2.50. The second kappa shape index (κ2) is 7.20. The first-order valence-corrected chi connectivity index (χ1v) is 10.8. The fourth-order valence-electron chi connectivity index (χ4n) is 4.86. The van der Waals surface area contributed by atoms with Gasteiger partial charge in [0.15, 0.2) is 5.72 Å². The van der Waals surface area contributed by atoms with Gasteiger partial charge in [0, 0.05) is 28.6 Å². The summed E-state index contributed by atoms with van der Waals surface area (Å²) in [6.45, 7) is 1.90. The number of nitrogens with one attached hydrogen (secondary N) is 2. The molecule has 0 unspecified atom stereocenters. The number of carbonyl (C=O) groups is 2. The molecule has 2 fully saturated rings. The fraction of sp³-hybridized carbons (Fsp3) is 0.391. The topological polar surface area (TPSA) is 70.7 Å². The van der Waals surface area contributed by atoms with Crippen LogP contribution in [0, 0.1) is 0 Å². The molecule has 1 saturated carbocycles. The van der Waals surface area contributed by atoms with Crippen molar-refractivity contribution in [3.63, 3.8) is 0 Å². The highest BCUT2D eigenvalue weighted by molar-refractivity contribution is 6.30. The molecule has 156 valence electrons. The molecule has 3 aliphatic rings. The van der Waals surface area contributed by atoms with Gasteiger partial charge in [0.2, 0.25) is 0 Å². The number of hydrogen-bond acceptors (Lipinski definition) is 3. The van der Waals surface area contributed by atoms with Crippen molar-refractivity contribution in [3.8, 4) is 5.75 Å². The van der Waals surface area contributed by atoms with E-state index < -0.39 is 5.72 Å². The maximum atomic E-state index is 13.1. The minimum atomic E-state index is -0.867. The van der Waals surface area contributed by atoms with Crippen LogP contribution in [0.4, 0.5) is 10.5 Å². The zero-order valence-corrected chi connectivity index (χ0v) is 17.5. The molecule has 30 heavy (non-hydrogen) atoms. The molecule has 1 saturated heterocycles. The number of rotatable bonds is 3. The van der Waals surface area contributed by atoms with Gasteiger partial charge in [-0.25, -0.2) is 4.79 Å². The predicted octanol–water partition coefficient (Wildman–Crippen LogP) is 4.78. The third kappa shape index (κ3) is 3.29. The third-order valence-corrected chi connectivity index (χ3v) is 6.53. The van der Waals surface area contributed by atoms with Gasteiger partial charge in [0.1, 0.15) is 5.75 Å². The molecule has 0 radical (unpaired) electrons. The Labute approximate surface area is 180 Å². The molecule has 3 amide bonds. The summed E-state index contributed by atoms with van der Waals surface area (Å²) in [5, 5.41) is 6.78. The SMILES string of the molecule is C[C@@]12C[C@@H](NC(=O)N1c1cccc(C(=O)NC3CCCC3)c1)c1cc(Cl)ccc1O2. The summed E-state index contributed by atoms with van der Waals surface area (Å²) in [4.78, 5) is 27.4. The van der Waals surface area contributed by atoms with E-state index in [0.29, 0.717) is 28.4 Å². The summed E-state index contributed by atoms with van der Waals surface area (Å²) in [6, 6.07) is 12.4. The molecule has 1 aliphatic carbocycles. The molecular formula is C23H24ClN3O3. The minimum Gasteiger partial charge on any atom is -0.467 e. The second-order valence-electron chi connectivity index (χ2n) is 8.51. The molecule has 2 aromatic carbocycles. The van der Waals surface area contributed by atoms with Crippen LogP contribution in [0.25, 0.3) is 0 Å². The number of fused-ring (bicyclic) bond motifs is 4. The monoisotopic (exact) mass is 425 g/mol. The van der Waals surface area contributed by atoms with Gasteiger partial charge in [0.05, 0.1) is 11.7 Å². The van der Waals surface area contributed by atoms with Crippen molar-refractivity contribution in [3.05, 3.63) is 58.6 Å². The van der Waals surface area contributed by atoms with Crippen molar-refractivity contribution in [2.24, 2.45) is 0 Å². The Bertz CT molecular complexity index is 1020. The molecule has 0 aromatic heterocycles. The van der Waals surface area contributed by atoms with Gasteiger partial charge in [-0.2, -0.15) is 0 Å². The number of hydrogen-bond donors (Lipinski definition) is 2. The standard InChI is InChI=1S/C23H24ClN3O3/c1-23-13-19(18-12-15(24)9-10-20(18)30-23)26-22(29)27(23)17-8-4-5-14(11-17)21(28)25-16-6-2-3-7-16/h4-5,8-12,16,19H,2-3,6-7,13H2,1H3,(H,25,28)(H,26,29)/t19-,23-/m1/s1. The van der Waals surface area contributed by atoms with Gasteiger partial charge in [-0.05, 0) is 56.2 Å². The van der Waals surface area contributed by atoms with Gasteiger partial charge in [0.25, 0.3) is 5.91 Å². The summed E-state index contributed by atoms with van der Waals surface area (Å²) in [7, 11) is 0. The van der Waals surface area contributed by atoms with E-state index in [2.05, 4.69) is 10.6 Å². The highest BCUT2D eigenvalue weighted by atomic mass is 35.5. The smallest absolute Gasteiger partial charge is 0.325 e. The Hall–Kier alpha value is -2.73. The molecule has 7 heteroatoms. The lowest BCUT2D eigenvalue weighted by molar-refractivity contribution is 0.0378. The first-order chi connectivity index (χ1) is 14.4. The molecule has 2 N–H and O–H groups in total. The van der Waals surface area contributed by atoms with E-state index in [1.165, 1.54) is 0 Å². The average molecular weight is 426 g/mol. The average Bonchev–Trinajstić information content (AvgIpc) is 3.21. The number of benzene rings is 2. The van der Waals surface area contributed by atoms with Gasteiger partial charge >= 0.3 is 6.03 Å². The van der Waals surface area contributed by atoms with E-state index in [0.717, 1.165) is 31.2 Å². The number of ether oxygens (including phenoxy) is 1. The third-order valence-electron chi connectivity index (χ3n) is 6.29. The van der Waals surface area contributed by atoms with E-state index in [9.17, 15) is 9.59 Å². The predicted molar refractivity (Wildman–Crippen MR) is 115 cm³/mol. The van der Waals surface area contributed by atoms with Crippen LogP contribution < -0.4 is 20.3 Å². The lowest BCUT2D eigenvalue weighted by Gasteiger charge is -2.50. The normalized spacial score (nSPS) is 25.3. The number of amides is 3. The van der Waals surface area contributed by atoms with Crippen molar-refractivity contribution >= 4 is 29.2 Å². The Balaban J connectivity index is 1.45. The van der Waals surface area contributed by atoms with Crippen LogP contribution in [0.1, 0.15) is 61.0 Å². The van der Waals surface area contributed by atoms with Crippen molar-refractivity contribution in [2.75, 3.05) is 4.90 Å². The molecule has 5 rings (SSSR count). The number of halogens is 1. The lowest BCUT2D eigenvalue weighted by Crippen LogP contribution is -2.65. The second-order valence-corrected chi connectivity index (χ2v) is 8.94. The van der Waals surface area contributed by atoms with Crippen molar-refractivity contribution in [1.29, 1.82) is 0 Å². The molecule has 2 atom stereocenters. The minimum absolute atomic E-state index is 0.103. The van der Waals surface area contributed by atoms with E-state index in [-0.39, 0.29) is 24.0 Å². The molecule has 2 heterocycles. The van der Waals surface area contributed by atoms with E-state index in [4.69, 9.17) is 16.3 Å². The van der Waals surface area contributed by atoms with Gasteiger partial charge in [-0.15, -0.1) is 0 Å². The van der Waals surface area contributed by atoms with Crippen molar-refractivity contribution in [1.82, 2.24) is 10.6 Å². The first-order valence-electron chi connectivity index (χ1n) is 10.4. The molecule has 6 nitrogen and oxygen atoms in total. The maximum absolute atomic E-state index is 13.1. The summed E-state index contributed by atoms with van der Waals surface area (Å²) in [5.41, 5.74) is 1.19. The molecular weight excluding hydrogens is 402 g/mol. The largest absolute Gasteiger partial charge is 0.467 e. The van der Waals surface area contributed by atoms with Crippen LogP contribution in [0.2, 0.25) is 5.02 Å². The Morgan fingerprint density at radius 1 is 1.23 bits per heavy atom. The maximum Gasteiger partial charge on any atom is 0.325 e. The van der Waals surface area contributed by atoms with Gasteiger partial charge in [-0.1, -0.05) is 30.5 Å². The highest BCUT2D eigenvalue weighted by Crippen LogP contribution is 2.46. The number of carbonyl (C=O) groups excluding carboxylic acids is 2. The summed E-state index contributed by atoms with van der Waals surface area (Å²) in [6.07, 6.45) is 4.93. The van der Waals surface area contributed by atoms with Crippen molar-refractivity contribution in [2.45, 2.75) is 56.8 Å². The summed E-state index contributed by atoms with van der Waals surface area (Å²) < 4.78 is 6.30. The first kappa shape index (κ1) is 19.2. The van der Waals surface area contributed by atoms with Crippen molar-refractivity contribution < 1.29 is 14.3 Å². The number of nitrogens with zero attached hydrogens (tertiary/aromatic N) is 1. The Morgan fingerprint density at radius 2 is 2.03 bits per heavy atom. The molecule has 2 bridgehead atoms. The van der Waals surface area contributed by atoms with E-state index in [1.54, 1.807) is 29.2 Å². The zero-order chi connectivity index (χ0) is 20.9. The van der Waals surface area contributed by atoms with Crippen LogP contribution in [0.3, 0.4) is 0 Å². The van der Waals surface area contributed by atoms with E-state index in [1.807, 2.05) is 25.1 Å². The van der Waals surface area contributed by atoms with Crippen LogP contribution in [-0.2, 0) is 0 Å². The number of urea groups is 1. The molecule has 0 spiro atoms. The van der Waals surface area contributed by atoms with Crippen LogP contribution in [0.15, 0.2) is 42.5 Å². The lowest BCUT2D eigenvalue weighted by atomic mass is 9.90. The zero-order valence-electron chi connectivity index (χ0n) is 16.8. The fourth-order valence-corrected chi connectivity index (χ4v) is 5.04. The van der Waals surface area contributed by atoms with Gasteiger partial charge < -0.3 is 15.4 Å². The van der Waals surface area contributed by atoms with Crippen LogP contribution in [0.5, 0.6) is 5.75 Å². The number of anilines is 1. The summed E-state index contributed by atoms with van der Waals surface area (Å²) in [5.74, 6) is 0.604. The van der Waals surface area contributed by atoms with Gasteiger partial charge in [-0.3, -0.25) is 9.69 Å². The van der Waals surface area contributed by atoms with Crippen LogP contribution >= 0.6 is 11.6 Å². The Kier molecular flexibility index (Phi) is 4.62. The Morgan fingerprint density at radius 3 is 2.83 bits per heavy atom. The quantitative estimate of drug-likeness (QED) is 0.743. The van der Waals surface area contributed by atoms with Crippen LogP contribution in [-0.4, -0.2) is 23.7 Å². The molecule has 2 aromatic rings. The van der Waals surface area contributed by atoms with E-state index >= 15 is 0 Å².